The Labute approximate surface area is 364 Å². The lowest BCUT2D eigenvalue weighted by atomic mass is 10.1. The molecule has 0 unspecified atom stereocenters. The number of phosphoric acid groups is 1. The van der Waals surface area contributed by atoms with Crippen molar-refractivity contribution >= 4 is 37.5 Å². The van der Waals surface area contributed by atoms with E-state index in [1.54, 1.807) is 18.2 Å². The molecule has 0 rings (SSSR count). The molecule has 0 radical (unpaired) electrons. The van der Waals surface area contributed by atoms with Crippen molar-refractivity contribution < 1.29 is 52.9 Å². The molecular weight excluding hydrogens is 806 g/mol. The number of aliphatic carboxylic acids is 1. The van der Waals surface area contributed by atoms with E-state index in [1.165, 1.54) is 69.5 Å². The largest absolute Gasteiger partial charge is 0.481 e. The number of hydrogen-bond acceptors (Lipinski definition) is 10. The van der Waals surface area contributed by atoms with Crippen molar-refractivity contribution in [1.82, 2.24) is 0 Å². The molecule has 0 fully saturated rings. The number of aliphatic hydroxyl groups excluding tert-OH is 1. The summed E-state index contributed by atoms with van der Waals surface area (Å²) in [4.78, 5) is 54.7. The third-order valence-electron chi connectivity index (χ3n) is 8.89. The van der Waals surface area contributed by atoms with Crippen LogP contribution >= 0.6 is 19.6 Å². The van der Waals surface area contributed by atoms with E-state index in [-0.39, 0.29) is 31.4 Å². The first-order valence-corrected chi connectivity index (χ1v) is 24.4. The number of aliphatic hydroxyl groups is 1. The summed E-state index contributed by atoms with van der Waals surface area (Å²) in [7, 11) is -4.93. The second kappa shape index (κ2) is 40.1. The van der Waals surface area contributed by atoms with Crippen LogP contribution in [-0.4, -0.2) is 80.4 Å². The zero-order valence-corrected chi connectivity index (χ0v) is 37.9. The van der Waals surface area contributed by atoms with Gasteiger partial charge < -0.3 is 35.2 Å². The molecule has 0 aliphatic heterocycles. The molecule has 60 heavy (non-hydrogen) atoms. The molecule has 0 aromatic carbocycles. The number of carbonyl (C=O) groups excluding carboxylic acids is 2. The number of ether oxygens (including phenoxy) is 2. The quantitative estimate of drug-likeness (QED) is 0.0128. The number of phosphoric ester groups is 1. The van der Waals surface area contributed by atoms with Gasteiger partial charge in [-0.25, -0.2) is 4.57 Å². The van der Waals surface area contributed by atoms with Gasteiger partial charge in [-0.05, 0) is 70.6 Å². The number of carboxylic acid groups (broad SMARTS) is 1. The lowest BCUT2D eigenvalue weighted by Gasteiger charge is -2.23. The maximum atomic E-state index is 12.9. The first kappa shape index (κ1) is 57.0. The van der Waals surface area contributed by atoms with Crippen LogP contribution < -0.4 is 5.73 Å². The number of carbonyl (C=O) groups is 3. The van der Waals surface area contributed by atoms with Crippen LogP contribution in [-0.2, 0) is 32.9 Å². The van der Waals surface area contributed by atoms with Gasteiger partial charge in [0.15, 0.2) is 6.10 Å². The Morgan fingerprint density at radius 3 is 1.87 bits per heavy atom. The van der Waals surface area contributed by atoms with Gasteiger partial charge in [0.05, 0.1) is 12.7 Å². The minimum Gasteiger partial charge on any atom is -0.481 e. The first-order valence-electron chi connectivity index (χ1n) is 21.8. The molecule has 0 amide bonds. The highest BCUT2D eigenvalue weighted by molar-refractivity contribution is 8.00. The number of nitrogens with two attached hydrogens (primary N) is 1. The maximum Gasteiger partial charge on any atom is 0.469 e. The van der Waals surface area contributed by atoms with Gasteiger partial charge in [0, 0.05) is 23.8 Å². The van der Waals surface area contributed by atoms with Crippen LogP contribution in [0.4, 0.5) is 0 Å². The summed E-state index contributed by atoms with van der Waals surface area (Å²) >= 11 is 1.17. The first-order chi connectivity index (χ1) is 28.9. The number of allylic oxidation sites excluding steroid dienone is 13. The van der Waals surface area contributed by atoms with Crippen molar-refractivity contribution in [2.45, 2.75) is 166 Å². The Morgan fingerprint density at radius 2 is 1.23 bits per heavy atom. The topological polar surface area (TPSA) is 203 Å². The third kappa shape index (κ3) is 39.1. The number of unbranched alkanes of at least 4 members (excludes halogenated alkanes) is 10. The van der Waals surface area contributed by atoms with Gasteiger partial charge in [-0.1, -0.05) is 144 Å². The SMILES string of the molecule is CCCCC/C=C\C\C=C/C=C/C=C/[C@@H](SC[C@H](N)C(=O)O[C@H](COC(=O)CCC/C=C\C/C=C\C/C=C\CCCCCCCC)COP(=O)(O)O)[C@@H](O)CCCC(=O)O. The molecule has 0 saturated heterocycles. The maximum absolute atomic E-state index is 12.9. The number of carboxylic acids is 1. The number of thioether (sulfide) groups is 1. The van der Waals surface area contributed by atoms with Crippen molar-refractivity contribution in [2.75, 3.05) is 19.0 Å². The lowest BCUT2D eigenvalue weighted by Crippen LogP contribution is -2.40. The minimum atomic E-state index is -4.93. The Kier molecular flexibility index (Phi) is 38.0. The fourth-order valence-electron chi connectivity index (χ4n) is 5.46. The van der Waals surface area contributed by atoms with Gasteiger partial charge in [0.25, 0.3) is 0 Å². The van der Waals surface area contributed by atoms with Gasteiger partial charge in [0.1, 0.15) is 12.6 Å². The number of rotatable bonds is 39. The summed E-state index contributed by atoms with van der Waals surface area (Å²) < 4.78 is 26.5. The monoisotopic (exact) mass is 881 g/mol. The van der Waals surface area contributed by atoms with E-state index in [0.29, 0.717) is 12.8 Å². The predicted octanol–water partition coefficient (Wildman–Crippen LogP) is 10.2. The van der Waals surface area contributed by atoms with Gasteiger partial charge in [-0.2, -0.15) is 0 Å². The van der Waals surface area contributed by atoms with Crippen LogP contribution in [0.1, 0.15) is 142 Å². The average Bonchev–Trinajstić information content (AvgIpc) is 3.20. The highest BCUT2D eigenvalue weighted by Gasteiger charge is 2.27. The number of hydrogen-bond donors (Lipinski definition) is 5. The number of esters is 2. The summed E-state index contributed by atoms with van der Waals surface area (Å²) in [6.45, 7) is 3.17. The normalized spacial score (nSPS) is 14.8. The van der Waals surface area contributed by atoms with Crippen LogP contribution in [0.2, 0.25) is 0 Å². The Morgan fingerprint density at radius 1 is 0.683 bits per heavy atom. The highest BCUT2D eigenvalue weighted by atomic mass is 32.2. The molecule has 0 spiro atoms. The Hall–Kier alpha value is -3.03. The molecule has 0 bridgehead atoms. The predicted molar refractivity (Wildman–Crippen MR) is 244 cm³/mol. The van der Waals surface area contributed by atoms with Crippen LogP contribution in [0.15, 0.2) is 85.1 Å². The zero-order valence-electron chi connectivity index (χ0n) is 36.2. The summed E-state index contributed by atoms with van der Waals surface area (Å²) in [5.41, 5.74) is 6.11. The molecule has 0 saturated carbocycles. The van der Waals surface area contributed by atoms with Crippen LogP contribution in [0, 0.1) is 0 Å². The highest BCUT2D eigenvalue weighted by Crippen LogP contribution is 2.36. The Balaban J connectivity index is 4.92. The molecule has 4 atom stereocenters. The summed E-state index contributed by atoms with van der Waals surface area (Å²) in [5, 5.41) is 19.3. The molecule has 6 N–H and O–H groups in total. The van der Waals surface area contributed by atoms with Crippen molar-refractivity contribution in [1.29, 1.82) is 0 Å². The van der Waals surface area contributed by atoms with Crippen molar-refractivity contribution in [3.63, 3.8) is 0 Å². The minimum absolute atomic E-state index is 0.0104. The molecule has 12 nitrogen and oxygen atoms in total. The molecule has 0 aliphatic carbocycles. The Bertz CT molecular complexity index is 1370. The van der Waals surface area contributed by atoms with Crippen LogP contribution in [0.3, 0.4) is 0 Å². The standard InChI is InChI=1S/C46H76NO11PS/c1-3-5-7-9-11-13-15-17-18-19-20-21-23-25-27-29-31-36-45(51)56-37-40(38-57-59(53,54)55)58-46(52)41(47)39-60-43(42(48)33-32-35-44(49)50)34-30-28-26-24-22-16-14-12-10-8-6-4-2/h12,14,17-18,20-22,24-28,30,34,40-43,48H,3-11,13,15-16,19,23,29,31-33,35-39,47H2,1-2H3,(H,49,50)(H2,53,54,55)/b14-12-,18-17-,21-20-,24-22-,27-25-,28-26+,34-30+/t40-,41+,42+,43-/m1/s1. The summed E-state index contributed by atoms with van der Waals surface area (Å²) in [6.07, 6.45) is 43.6. The molecule has 0 aromatic rings. The van der Waals surface area contributed by atoms with Crippen molar-refractivity contribution in [2.24, 2.45) is 5.73 Å². The van der Waals surface area contributed by atoms with Gasteiger partial charge >= 0.3 is 25.7 Å². The molecule has 342 valence electrons. The van der Waals surface area contributed by atoms with Crippen molar-refractivity contribution in [3.8, 4) is 0 Å². The lowest BCUT2D eigenvalue weighted by molar-refractivity contribution is -0.161. The van der Waals surface area contributed by atoms with E-state index < -0.39 is 62.4 Å². The van der Waals surface area contributed by atoms with E-state index in [9.17, 15) is 33.8 Å². The van der Waals surface area contributed by atoms with Gasteiger partial charge in [0.2, 0.25) is 0 Å². The average molecular weight is 882 g/mol. The van der Waals surface area contributed by atoms with E-state index in [1.807, 2.05) is 30.4 Å². The second-order valence-electron chi connectivity index (χ2n) is 14.5. The molecular formula is C46H76NO11PS. The van der Waals surface area contributed by atoms with Gasteiger partial charge in [-0.15, -0.1) is 11.8 Å². The zero-order chi connectivity index (χ0) is 44.5. The van der Waals surface area contributed by atoms with Crippen LogP contribution in [0.25, 0.3) is 0 Å². The van der Waals surface area contributed by atoms with Crippen molar-refractivity contribution in [3.05, 3.63) is 85.1 Å². The molecule has 0 aromatic heterocycles. The third-order valence-corrected chi connectivity index (χ3v) is 10.8. The summed E-state index contributed by atoms with van der Waals surface area (Å²) in [5.74, 6) is -2.47. The van der Waals surface area contributed by atoms with E-state index in [2.05, 4.69) is 54.8 Å². The molecule has 0 heterocycles. The smallest absolute Gasteiger partial charge is 0.469 e. The fraction of sp³-hybridized carbons (Fsp3) is 0.630. The van der Waals surface area contributed by atoms with E-state index in [4.69, 9.17) is 20.3 Å². The molecule has 0 aliphatic rings. The van der Waals surface area contributed by atoms with Crippen LogP contribution in [0.5, 0.6) is 0 Å². The van der Waals surface area contributed by atoms with E-state index in [0.717, 1.165) is 32.1 Å². The van der Waals surface area contributed by atoms with Gasteiger partial charge in [-0.3, -0.25) is 18.9 Å². The molecule has 14 heteroatoms. The summed E-state index contributed by atoms with van der Waals surface area (Å²) in [6, 6.07) is -1.22. The second-order valence-corrected chi connectivity index (χ2v) is 17.0. The fourth-order valence-corrected chi connectivity index (χ4v) is 6.95. The van der Waals surface area contributed by atoms with E-state index >= 15 is 0 Å².